The van der Waals surface area contributed by atoms with Crippen molar-refractivity contribution >= 4 is 29.3 Å². The molecule has 2 nitrogen and oxygen atoms in total. The number of hydrogen-bond acceptors (Lipinski definition) is 4. The molecule has 0 aliphatic heterocycles. The van der Waals surface area contributed by atoms with Crippen LogP contribution in [0.25, 0.3) is 0 Å². The van der Waals surface area contributed by atoms with Crippen molar-refractivity contribution in [1.82, 2.24) is 0 Å². The number of carbonyl (C=O) groups excluding carboxylic acids is 1. The maximum Gasteiger partial charge on any atom is 0.178 e. The van der Waals surface area contributed by atoms with Crippen molar-refractivity contribution < 1.29 is 14.3 Å². The highest BCUT2D eigenvalue weighted by molar-refractivity contribution is 8.17. The Hall–Kier alpha value is -1.82. The smallest absolute Gasteiger partial charge is 0.178 e. The quantitative estimate of drug-likeness (QED) is 0.372. The Balaban J connectivity index is 1.36. The van der Waals surface area contributed by atoms with Gasteiger partial charge in [-0.15, -0.1) is 23.5 Å². The van der Waals surface area contributed by atoms with E-state index in [0.29, 0.717) is 12.8 Å². The molecule has 1 N–H and O–H groups in total. The molecule has 4 aliphatic rings. The average Bonchev–Trinajstić information content (AvgIpc) is 3.20. The van der Waals surface area contributed by atoms with Crippen LogP contribution in [0.1, 0.15) is 57.1 Å². The van der Waals surface area contributed by atoms with Gasteiger partial charge in [0.25, 0.3) is 0 Å². The number of thioether (sulfide) groups is 2. The second-order valence-corrected chi connectivity index (χ2v) is 14.9. The molecule has 200 valence electrons. The van der Waals surface area contributed by atoms with Crippen LogP contribution in [0.3, 0.4) is 0 Å². The van der Waals surface area contributed by atoms with Gasteiger partial charge >= 0.3 is 0 Å². The highest BCUT2D eigenvalue weighted by Gasteiger charge is 2.73. The molecular weight excluding hydrogens is 511 g/mol. The molecule has 1 unspecified atom stereocenters. The largest absolute Gasteiger partial charge is 0.390 e. The zero-order chi connectivity index (χ0) is 26.6. The van der Waals surface area contributed by atoms with E-state index >= 15 is 4.39 Å². The molecular formula is C33H37FO2S2. The molecule has 5 heteroatoms. The van der Waals surface area contributed by atoms with Crippen molar-refractivity contribution in [3.63, 3.8) is 0 Å². The van der Waals surface area contributed by atoms with E-state index in [0.717, 1.165) is 36.3 Å². The van der Waals surface area contributed by atoms with Crippen molar-refractivity contribution in [3.8, 4) is 0 Å². The van der Waals surface area contributed by atoms with Gasteiger partial charge in [0.1, 0.15) is 0 Å². The highest BCUT2D eigenvalue weighted by atomic mass is 32.2. The van der Waals surface area contributed by atoms with E-state index in [1.807, 2.05) is 30.4 Å². The van der Waals surface area contributed by atoms with E-state index in [1.54, 1.807) is 12.2 Å². The fraction of sp³-hybridized carbons (Fsp3) is 0.485. The summed E-state index contributed by atoms with van der Waals surface area (Å²) < 4.78 is 17.4. The number of aliphatic hydroxyl groups is 1. The Morgan fingerprint density at radius 3 is 2.13 bits per heavy atom. The summed E-state index contributed by atoms with van der Waals surface area (Å²) >= 11 is 4.02. The molecule has 2 aromatic rings. The monoisotopic (exact) mass is 548 g/mol. The first-order valence-corrected chi connectivity index (χ1v) is 15.9. The Bertz CT molecular complexity index is 1220. The van der Waals surface area contributed by atoms with E-state index in [2.05, 4.69) is 67.6 Å². The third kappa shape index (κ3) is 3.90. The molecule has 0 saturated heterocycles. The SMILES string of the molecule is C[C@]12C=CC(=O)C=C1CC[C@H]1[C@@H]3CCC(SCc4ccccc4)(SCc4ccccc4)[C@@]3(C)C[C@H](O)C12F. The van der Waals surface area contributed by atoms with E-state index < -0.39 is 17.2 Å². The van der Waals surface area contributed by atoms with Crippen molar-refractivity contribution in [1.29, 1.82) is 0 Å². The van der Waals surface area contributed by atoms with Crippen LogP contribution < -0.4 is 0 Å². The van der Waals surface area contributed by atoms with Crippen molar-refractivity contribution in [2.75, 3.05) is 0 Å². The fourth-order valence-electron chi connectivity index (χ4n) is 8.22. The van der Waals surface area contributed by atoms with E-state index in [9.17, 15) is 9.90 Å². The van der Waals surface area contributed by atoms with Crippen LogP contribution in [0, 0.1) is 22.7 Å². The molecule has 6 atom stereocenters. The predicted octanol–water partition coefficient (Wildman–Crippen LogP) is 7.92. The molecule has 4 aliphatic carbocycles. The number of aliphatic hydroxyl groups excluding tert-OH is 1. The molecule has 0 amide bonds. The first-order chi connectivity index (χ1) is 18.2. The summed E-state index contributed by atoms with van der Waals surface area (Å²) in [5.41, 5.74) is 0.562. The van der Waals surface area contributed by atoms with E-state index in [4.69, 9.17) is 0 Å². The van der Waals surface area contributed by atoms with Gasteiger partial charge in [-0.05, 0) is 73.6 Å². The minimum atomic E-state index is -1.76. The van der Waals surface area contributed by atoms with E-state index in [-0.39, 0.29) is 27.1 Å². The zero-order valence-electron chi connectivity index (χ0n) is 22.2. The maximum atomic E-state index is 17.6. The molecule has 3 saturated carbocycles. The molecule has 6 rings (SSSR count). The lowest BCUT2D eigenvalue weighted by atomic mass is 9.46. The fourth-order valence-corrected chi connectivity index (χ4v) is 11.7. The lowest BCUT2D eigenvalue weighted by Gasteiger charge is -2.63. The van der Waals surface area contributed by atoms with Crippen molar-refractivity contribution in [2.45, 2.75) is 73.3 Å². The lowest BCUT2D eigenvalue weighted by molar-refractivity contribution is -0.189. The third-order valence-electron chi connectivity index (χ3n) is 10.3. The molecule has 2 aromatic carbocycles. The highest BCUT2D eigenvalue weighted by Crippen LogP contribution is 2.74. The molecule has 38 heavy (non-hydrogen) atoms. The summed E-state index contributed by atoms with van der Waals surface area (Å²) in [5.74, 6) is 1.70. The predicted molar refractivity (Wildman–Crippen MR) is 157 cm³/mol. The van der Waals surface area contributed by atoms with Gasteiger partial charge in [-0.25, -0.2) is 4.39 Å². The Morgan fingerprint density at radius 2 is 1.53 bits per heavy atom. The van der Waals surface area contributed by atoms with Gasteiger partial charge in [0.05, 0.1) is 10.2 Å². The van der Waals surface area contributed by atoms with Gasteiger partial charge in [-0.3, -0.25) is 4.79 Å². The topological polar surface area (TPSA) is 37.3 Å². The Morgan fingerprint density at radius 1 is 0.921 bits per heavy atom. The van der Waals surface area contributed by atoms with Crippen LogP contribution in [0.5, 0.6) is 0 Å². The molecule has 3 fully saturated rings. The number of alkyl halides is 1. The minimum absolute atomic E-state index is 0.0656. The number of fused-ring (bicyclic) bond motifs is 5. The molecule has 0 spiro atoms. The summed E-state index contributed by atoms with van der Waals surface area (Å²) in [6.45, 7) is 4.26. The summed E-state index contributed by atoms with van der Waals surface area (Å²) in [5, 5.41) is 11.8. The second kappa shape index (κ2) is 9.67. The zero-order valence-corrected chi connectivity index (χ0v) is 23.9. The maximum absolute atomic E-state index is 17.6. The average molecular weight is 549 g/mol. The minimum Gasteiger partial charge on any atom is -0.390 e. The van der Waals surface area contributed by atoms with Gasteiger partial charge in [0.15, 0.2) is 11.5 Å². The number of benzene rings is 2. The number of carbonyl (C=O) groups is 1. The van der Waals surface area contributed by atoms with Crippen molar-refractivity contribution in [2.24, 2.45) is 22.7 Å². The standard InChI is InChI=1S/C33H37FO2S2/c1-30-17-15-26(35)19-25(30)13-14-28-27-16-18-32(37-21-23-9-5-3-6-10-23,38-22-24-11-7-4-8-12-24)31(27,2)20-29(36)33(28,30)34/h3-12,15,17,19,27-29,36H,13-14,16,18,20-22H2,1-2H3/t27-,28-,29-,30-,31-,33?/m0/s1. The number of hydrogen-bond donors (Lipinski definition) is 1. The summed E-state index contributed by atoms with van der Waals surface area (Å²) in [6, 6.07) is 21.2. The van der Waals surface area contributed by atoms with Gasteiger partial charge in [0.2, 0.25) is 0 Å². The van der Waals surface area contributed by atoms with Crippen LogP contribution in [0.4, 0.5) is 4.39 Å². The summed E-state index contributed by atoms with van der Waals surface area (Å²) in [7, 11) is 0. The Kier molecular flexibility index (Phi) is 6.72. The van der Waals surface area contributed by atoms with Crippen molar-refractivity contribution in [3.05, 3.63) is 95.6 Å². The number of ketones is 1. The Labute approximate surface area is 234 Å². The molecule has 0 bridgehead atoms. The van der Waals surface area contributed by atoms with Crippen LogP contribution in [-0.4, -0.2) is 26.7 Å². The number of allylic oxidation sites excluding steroid dienone is 4. The van der Waals surface area contributed by atoms with Gasteiger partial charge in [-0.2, -0.15) is 0 Å². The summed E-state index contributed by atoms with van der Waals surface area (Å²) in [4.78, 5) is 12.1. The first kappa shape index (κ1) is 26.4. The lowest BCUT2D eigenvalue weighted by Crippen LogP contribution is -2.67. The second-order valence-electron chi connectivity index (χ2n) is 12.1. The number of rotatable bonds is 6. The van der Waals surface area contributed by atoms with Gasteiger partial charge in [-0.1, -0.05) is 79.2 Å². The summed E-state index contributed by atoms with van der Waals surface area (Å²) in [6.07, 6.45) is 7.67. The van der Waals surface area contributed by atoms with Crippen LogP contribution in [0.2, 0.25) is 0 Å². The van der Waals surface area contributed by atoms with Crippen LogP contribution in [-0.2, 0) is 16.3 Å². The molecule has 0 aromatic heterocycles. The molecule has 0 radical (unpaired) electrons. The first-order valence-electron chi connectivity index (χ1n) is 13.9. The van der Waals surface area contributed by atoms with Gasteiger partial charge in [0, 0.05) is 22.8 Å². The van der Waals surface area contributed by atoms with E-state index in [1.165, 1.54) is 17.2 Å². The van der Waals surface area contributed by atoms with Crippen LogP contribution >= 0.6 is 23.5 Å². The third-order valence-corrected chi connectivity index (χ3v) is 14.3. The molecule has 0 heterocycles. The number of halogens is 1. The van der Waals surface area contributed by atoms with Gasteiger partial charge < -0.3 is 5.11 Å². The normalized spacial score (nSPS) is 37.2. The van der Waals surface area contributed by atoms with Crippen LogP contribution in [0.15, 0.2) is 84.5 Å².